The number of halogens is 1. The number of amides is 2. The van der Waals surface area contributed by atoms with Crippen LogP contribution in [0.15, 0.2) is 60.7 Å². The topological polar surface area (TPSA) is 74.8 Å². The first-order valence-corrected chi connectivity index (χ1v) is 15.5. The van der Waals surface area contributed by atoms with Crippen LogP contribution in [0.5, 0.6) is 0 Å². The number of unbranched alkanes of at least 4 members (excludes halogenated alkanes) is 2. The molecule has 1 aromatic heterocycles. The van der Waals surface area contributed by atoms with Gasteiger partial charge in [-0.25, -0.2) is 14.2 Å². The van der Waals surface area contributed by atoms with E-state index in [1.54, 1.807) is 17.0 Å². The second kappa shape index (κ2) is 14.0. The smallest absolute Gasteiger partial charge is 0.414 e. The van der Waals surface area contributed by atoms with Gasteiger partial charge in [0.05, 0.1) is 11.4 Å². The van der Waals surface area contributed by atoms with E-state index in [4.69, 9.17) is 9.72 Å². The van der Waals surface area contributed by atoms with Crippen LogP contribution in [0.3, 0.4) is 0 Å². The SMILES string of the molecule is C[C@@H]1CN(C(=O)CCCCC#Cc2nc3c(cc2Cc2ccc(F)cc2)N(C(=O)OCc2ccccc2)CC3(C)C)CCN1. The van der Waals surface area contributed by atoms with Gasteiger partial charge < -0.3 is 15.0 Å². The zero-order chi connectivity index (χ0) is 31.1. The maximum atomic E-state index is 13.6. The molecule has 0 aliphatic carbocycles. The Hall–Kier alpha value is -4.22. The van der Waals surface area contributed by atoms with Crippen molar-refractivity contribution in [2.24, 2.45) is 0 Å². The Kier molecular flexibility index (Phi) is 9.96. The lowest BCUT2D eigenvalue weighted by atomic mass is 9.90. The number of nitrogens with one attached hydrogen (secondary N) is 1. The van der Waals surface area contributed by atoms with Gasteiger partial charge in [0, 0.05) is 56.9 Å². The van der Waals surface area contributed by atoms with Crippen LogP contribution in [-0.2, 0) is 28.0 Å². The molecular formula is C36H41FN4O3. The summed E-state index contributed by atoms with van der Waals surface area (Å²) in [4.78, 5) is 34.5. The van der Waals surface area contributed by atoms with E-state index in [0.29, 0.717) is 37.5 Å². The standard InChI is InChI=1S/C36H41FN4O3/c1-26-23-40(20-19-38-26)33(42)14-10-5-4-9-13-31-29(21-27-15-17-30(37)18-16-27)22-32-34(39-31)36(2,3)25-41(32)35(43)44-24-28-11-7-6-8-12-28/h6-8,11-12,15-18,22,26,38H,4-5,10,14,19-21,23-25H2,1-3H3/t26-/m1/s1. The number of anilines is 1. The Labute approximate surface area is 259 Å². The van der Waals surface area contributed by atoms with E-state index in [0.717, 1.165) is 60.5 Å². The van der Waals surface area contributed by atoms with Crippen LogP contribution in [0.2, 0.25) is 0 Å². The molecule has 2 aliphatic heterocycles. The van der Waals surface area contributed by atoms with Crippen molar-refractivity contribution < 1.29 is 18.7 Å². The maximum absolute atomic E-state index is 13.6. The number of carbonyl (C=O) groups is 2. The number of carbonyl (C=O) groups excluding carboxylic acids is 2. The van der Waals surface area contributed by atoms with Gasteiger partial charge in [0.1, 0.15) is 18.1 Å². The summed E-state index contributed by atoms with van der Waals surface area (Å²) < 4.78 is 19.3. The molecule has 0 saturated carbocycles. The number of rotatable bonds is 8. The summed E-state index contributed by atoms with van der Waals surface area (Å²) in [5, 5.41) is 3.37. The van der Waals surface area contributed by atoms with Gasteiger partial charge >= 0.3 is 6.09 Å². The number of fused-ring (bicyclic) bond motifs is 1. The first kappa shape index (κ1) is 31.2. The number of ether oxygens (including phenoxy) is 1. The van der Waals surface area contributed by atoms with Crippen LogP contribution in [0.25, 0.3) is 0 Å². The van der Waals surface area contributed by atoms with Crippen LogP contribution in [-0.4, -0.2) is 54.1 Å². The molecule has 0 spiro atoms. The Morgan fingerprint density at radius 2 is 1.86 bits per heavy atom. The van der Waals surface area contributed by atoms with E-state index in [-0.39, 0.29) is 18.3 Å². The van der Waals surface area contributed by atoms with E-state index in [2.05, 4.69) is 37.9 Å². The molecule has 1 fully saturated rings. The number of aromatic nitrogens is 1. The molecule has 5 rings (SSSR count). The Bertz CT molecular complexity index is 1530. The molecule has 1 N–H and O–H groups in total. The van der Waals surface area contributed by atoms with Gasteiger partial charge in [0.2, 0.25) is 5.91 Å². The third-order valence-electron chi connectivity index (χ3n) is 8.17. The van der Waals surface area contributed by atoms with Gasteiger partial charge in [0.15, 0.2) is 0 Å². The van der Waals surface area contributed by atoms with E-state index >= 15 is 0 Å². The second-order valence-electron chi connectivity index (χ2n) is 12.4. The van der Waals surface area contributed by atoms with Gasteiger partial charge in [-0.2, -0.15) is 0 Å². The van der Waals surface area contributed by atoms with Crippen molar-refractivity contribution in [2.45, 2.75) is 70.9 Å². The predicted molar refractivity (Wildman–Crippen MR) is 170 cm³/mol. The zero-order valence-corrected chi connectivity index (χ0v) is 25.9. The van der Waals surface area contributed by atoms with Crippen molar-refractivity contribution in [1.29, 1.82) is 0 Å². The average Bonchev–Trinajstić information content (AvgIpc) is 3.28. The molecule has 3 heterocycles. The molecule has 2 aliphatic rings. The fourth-order valence-electron chi connectivity index (χ4n) is 5.78. The minimum Gasteiger partial charge on any atom is -0.444 e. The zero-order valence-electron chi connectivity index (χ0n) is 25.9. The van der Waals surface area contributed by atoms with Crippen molar-refractivity contribution in [3.8, 4) is 11.8 Å². The van der Waals surface area contributed by atoms with Crippen molar-refractivity contribution in [1.82, 2.24) is 15.2 Å². The lowest BCUT2D eigenvalue weighted by molar-refractivity contribution is -0.132. The van der Waals surface area contributed by atoms with Crippen molar-refractivity contribution in [2.75, 3.05) is 31.1 Å². The van der Waals surface area contributed by atoms with Crippen LogP contribution in [0, 0.1) is 17.7 Å². The van der Waals surface area contributed by atoms with Crippen molar-refractivity contribution in [3.05, 3.63) is 94.6 Å². The highest BCUT2D eigenvalue weighted by Crippen LogP contribution is 2.41. The molecule has 0 radical (unpaired) electrons. The largest absolute Gasteiger partial charge is 0.444 e. The van der Waals surface area contributed by atoms with E-state index < -0.39 is 11.5 Å². The number of benzene rings is 2. The molecule has 7 nitrogen and oxygen atoms in total. The van der Waals surface area contributed by atoms with Crippen molar-refractivity contribution >= 4 is 17.7 Å². The first-order chi connectivity index (χ1) is 21.2. The summed E-state index contributed by atoms with van der Waals surface area (Å²) >= 11 is 0. The molecule has 230 valence electrons. The number of piperazine rings is 1. The molecule has 44 heavy (non-hydrogen) atoms. The third kappa shape index (κ3) is 7.83. The summed E-state index contributed by atoms with van der Waals surface area (Å²) in [6.07, 6.45) is 2.88. The van der Waals surface area contributed by atoms with Gasteiger partial charge in [-0.1, -0.05) is 62.2 Å². The Balaban J connectivity index is 1.31. The molecule has 8 heteroatoms. The number of pyridine rings is 1. The van der Waals surface area contributed by atoms with E-state index in [1.807, 2.05) is 41.3 Å². The number of nitrogens with zero attached hydrogens (tertiary/aromatic N) is 3. The summed E-state index contributed by atoms with van der Waals surface area (Å²) in [6.45, 7) is 9.23. The van der Waals surface area contributed by atoms with Crippen LogP contribution in [0.1, 0.15) is 74.5 Å². The van der Waals surface area contributed by atoms with E-state index in [9.17, 15) is 14.0 Å². The summed E-state index contributed by atoms with van der Waals surface area (Å²) in [7, 11) is 0. The molecule has 1 saturated heterocycles. The minimum atomic E-state index is -0.418. The van der Waals surface area contributed by atoms with Crippen molar-refractivity contribution in [3.63, 3.8) is 0 Å². The molecular weight excluding hydrogens is 555 g/mol. The fourth-order valence-corrected chi connectivity index (χ4v) is 5.78. The van der Waals surface area contributed by atoms with Crippen LogP contribution >= 0.6 is 0 Å². The normalized spacial score (nSPS) is 17.0. The molecule has 0 bridgehead atoms. The number of hydrogen-bond acceptors (Lipinski definition) is 5. The van der Waals surface area contributed by atoms with E-state index in [1.165, 1.54) is 12.1 Å². The molecule has 3 aromatic rings. The van der Waals surface area contributed by atoms with Gasteiger partial charge in [-0.15, -0.1) is 0 Å². The quantitative estimate of drug-likeness (QED) is 0.256. The molecule has 1 atom stereocenters. The average molecular weight is 597 g/mol. The minimum absolute atomic E-state index is 0.186. The Morgan fingerprint density at radius 1 is 1.09 bits per heavy atom. The van der Waals surface area contributed by atoms with Gasteiger partial charge in [-0.05, 0) is 60.6 Å². The summed E-state index contributed by atoms with van der Waals surface area (Å²) in [6, 6.07) is 18.3. The summed E-state index contributed by atoms with van der Waals surface area (Å²) in [5.41, 5.74) is 4.49. The highest BCUT2D eigenvalue weighted by molar-refractivity contribution is 5.91. The molecule has 2 aromatic carbocycles. The number of hydrogen-bond donors (Lipinski definition) is 1. The molecule has 0 unspecified atom stereocenters. The predicted octanol–water partition coefficient (Wildman–Crippen LogP) is 5.98. The lowest BCUT2D eigenvalue weighted by Gasteiger charge is -2.32. The highest BCUT2D eigenvalue weighted by atomic mass is 19.1. The third-order valence-corrected chi connectivity index (χ3v) is 8.17. The fraction of sp³-hybridized carbons (Fsp3) is 0.417. The molecule has 2 amide bonds. The Morgan fingerprint density at radius 3 is 2.61 bits per heavy atom. The summed E-state index contributed by atoms with van der Waals surface area (Å²) in [5.74, 6) is 6.48. The van der Waals surface area contributed by atoms with Gasteiger partial charge in [0.25, 0.3) is 0 Å². The van der Waals surface area contributed by atoms with Gasteiger partial charge in [-0.3, -0.25) is 9.69 Å². The first-order valence-electron chi connectivity index (χ1n) is 15.5. The van der Waals surface area contributed by atoms with Crippen LogP contribution < -0.4 is 10.2 Å². The highest BCUT2D eigenvalue weighted by Gasteiger charge is 2.41. The van der Waals surface area contributed by atoms with Crippen LogP contribution in [0.4, 0.5) is 14.9 Å². The monoisotopic (exact) mass is 596 g/mol. The second-order valence-corrected chi connectivity index (χ2v) is 12.4. The maximum Gasteiger partial charge on any atom is 0.414 e. The lowest BCUT2D eigenvalue weighted by Crippen LogP contribution is -2.51.